The first-order valence-corrected chi connectivity index (χ1v) is 9.87. The van der Waals surface area contributed by atoms with Crippen molar-refractivity contribution in [1.29, 1.82) is 0 Å². The Bertz CT molecular complexity index is 1250. The molecule has 0 aliphatic heterocycles. The number of anilines is 2. The fraction of sp³-hybridized carbons (Fsp3) is 0.0909. The Labute approximate surface area is 183 Å². The topological polar surface area (TPSA) is 67.7 Å². The predicted octanol–water partition coefficient (Wildman–Crippen LogP) is 6.27. The van der Waals surface area contributed by atoms with Crippen LogP contribution in [0.1, 0.15) is 5.56 Å². The van der Waals surface area contributed by atoms with E-state index < -0.39 is 6.03 Å². The second-order valence-corrected chi connectivity index (χ2v) is 7.49. The molecule has 0 radical (unpaired) electrons. The smallest absolute Gasteiger partial charge is 0.324 e. The maximum atomic E-state index is 12.8. The summed E-state index contributed by atoms with van der Waals surface area (Å²) in [6.07, 6.45) is 1.91. The molecule has 0 atom stereocenters. The van der Waals surface area contributed by atoms with E-state index in [-0.39, 0.29) is 0 Å². The second-order valence-electron chi connectivity index (χ2n) is 6.65. The van der Waals surface area contributed by atoms with Gasteiger partial charge in [-0.1, -0.05) is 41.4 Å². The molecule has 2 aromatic heterocycles. The molecule has 0 fully saturated rings. The minimum Gasteiger partial charge on any atom is -0.496 e. The molecule has 0 unspecified atom stereocenters. The number of amides is 2. The molecular weight excluding hydrogens is 423 g/mol. The van der Waals surface area contributed by atoms with Crippen molar-refractivity contribution in [2.45, 2.75) is 6.92 Å². The van der Waals surface area contributed by atoms with Crippen LogP contribution in [0.5, 0.6) is 5.75 Å². The SMILES string of the molecule is COc1ccccc1-c1nc2ccc(C)cn2c1NC(=O)Nc1ccc(Cl)cc1Cl. The average molecular weight is 441 g/mol. The number of carbonyl (C=O) groups is 1. The van der Waals surface area contributed by atoms with E-state index in [9.17, 15) is 4.79 Å². The lowest BCUT2D eigenvalue weighted by Crippen LogP contribution is -2.21. The number of carbonyl (C=O) groups excluding carboxylic acids is 1. The van der Waals surface area contributed by atoms with Crippen LogP contribution in [-0.2, 0) is 0 Å². The van der Waals surface area contributed by atoms with Gasteiger partial charge in [0.15, 0.2) is 0 Å². The molecule has 0 aliphatic rings. The first-order chi connectivity index (χ1) is 14.5. The van der Waals surface area contributed by atoms with Crippen LogP contribution in [0.25, 0.3) is 16.9 Å². The van der Waals surface area contributed by atoms with Gasteiger partial charge in [0.1, 0.15) is 22.9 Å². The molecule has 2 heterocycles. The zero-order chi connectivity index (χ0) is 21.3. The maximum Gasteiger partial charge on any atom is 0.324 e. The first-order valence-electron chi connectivity index (χ1n) is 9.11. The lowest BCUT2D eigenvalue weighted by Gasteiger charge is -2.12. The summed E-state index contributed by atoms with van der Waals surface area (Å²) in [4.78, 5) is 17.5. The fourth-order valence-corrected chi connectivity index (χ4v) is 3.61. The summed E-state index contributed by atoms with van der Waals surface area (Å²) < 4.78 is 7.33. The Morgan fingerprint density at radius 1 is 1.07 bits per heavy atom. The second kappa shape index (κ2) is 8.26. The summed E-state index contributed by atoms with van der Waals surface area (Å²) in [6.45, 7) is 1.97. The van der Waals surface area contributed by atoms with Gasteiger partial charge in [0.05, 0.1) is 17.8 Å². The molecule has 0 bridgehead atoms. The van der Waals surface area contributed by atoms with Crippen LogP contribution in [0, 0.1) is 6.92 Å². The number of ether oxygens (including phenoxy) is 1. The number of methoxy groups -OCH3 is 1. The Balaban J connectivity index is 1.76. The van der Waals surface area contributed by atoms with Gasteiger partial charge < -0.3 is 10.1 Å². The van der Waals surface area contributed by atoms with Crippen molar-refractivity contribution in [3.05, 3.63) is 76.4 Å². The van der Waals surface area contributed by atoms with Crippen molar-refractivity contribution in [1.82, 2.24) is 9.38 Å². The van der Waals surface area contributed by atoms with Gasteiger partial charge in [-0.05, 0) is 48.9 Å². The number of pyridine rings is 1. The molecule has 8 heteroatoms. The quantitative estimate of drug-likeness (QED) is 0.392. The van der Waals surface area contributed by atoms with Crippen molar-refractivity contribution in [3.63, 3.8) is 0 Å². The molecule has 2 aromatic carbocycles. The van der Waals surface area contributed by atoms with E-state index in [1.165, 1.54) is 0 Å². The molecule has 6 nitrogen and oxygen atoms in total. The standard InChI is InChI=1S/C22H18Cl2N4O2/c1-13-7-10-19-26-20(15-5-3-4-6-18(15)30-2)21(28(19)12-13)27-22(29)25-17-9-8-14(23)11-16(17)24/h3-12H,1-2H3,(H2,25,27,29). The van der Waals surface area contributed by atoms with Crippen molar-refractivity contribution >= 4 is 46.4 Å². The number of rotatable bonds is 4. The van der Waals surface area contributed by atoms with E-state index >= 15 is 0 Å². The Hall–Kier alpha value is -3.22. The molecule has 2 amide bonds. The molecular formula is C22H18Cl2N4O2. The van der Waals surface area contributed by atoms with Crippen LogP contribution in [0.2, 0.25) is 10.0 Å². The number of nitrogens with one attached hydrogen (secondary N) is 2. The monoisotopic (exact) mass is 440 g/mol. The number of nitrogens with zero attached hydrogens (tertiary/aromatic N) is 2. The number of hydrogen-bond donors (Lipinski definition) is 2. The van der Waals surface area contributed by atoms with Crippen LogP contribution in [0.4, 0.5) is 16.3 Å². The van der Waals surface area contributed by atoms with E-state index in [1.807, 2.05) is 53.9 Å². The van der Waals surface area contributed by atoms with Gasteiger partial charge in [0.2, 0.25) is 0 Å². The van der Waals surface area contributed by atoms with E-state index in [4.69, 9.17) is 32.9 Å². The van der Waals surface area contributed by atoms with Crippen molar-refractivity contribution in [3.8, 4) is 17.0 Å². The highest BCUT2D eigenvalue weighted by molar-refractivity contribution is 6.36. The molecule has 0 saturated heterocycles. The van der Waals surface area contributed by atoms with Gasteiger partial charge in [-0.25, -0.2) is 9.78 Å². The minimum absolute atomic E-state index is 0.344. The third-order valence-corrected chi connectivity index (χ3v) is 5.09. The van der Waals surface area contributed by atoms with E-state index in [1.54, 1.807) is 25.3 Å². The van der Waals surface area contributed by atoms with E-state index in [0.717, 1.165) is 11.1 Å². The Morgan fingerprint density at radius 3 is 2.63 bits per heavy atom. The molecule has 2 N–H and O–H groups in total. The number of aryl methyl sites for hydroxylation is 1. The van der Waals surface area contributed by atoms with Gasteiger partial charge in [-0.3, -0.25) is 9.72 Å². The van der Waals surface area contributed by atoms with Gasteiger partial charge in [-0.2, -0.15) is 0 Å². The average Bonchev–Trinajstić information content (AvgIpc) is 3.07. The van der Waals surface area contributed by atoms with E-state index in [2.05, 4.69) is 10.6 Å². The van der Waals surface area contributed by atoms with Gasteiger partial charge >= 0.3 is 6.03 Å². The molecule has 4 rings (SSSR count). The lowest BCUT2D eigenvalue weighted by atomic mass is 10.1. The summed E-state index contributed by atoms with van der Waals surface area (Å²) in [5, 5.41) is 6.49. The first kappa shape index (κ1) is 20.1. The third-order valence-electron chi connectivity index (χ3n) is 4.54. The molecule has 0 spiro atoms. The van der Waals surface area contributed by atoms with Crippen molar-refractivity contribution in [2.24, 2.45) is 0 Å². The van der Waals surface area contributed by atoms with Crippen molar-refractivity contribution in [2.75, 3.05) is 17.7 Å². The summed E-state index contributed by atoms with van der Waals surface area (Å²) in [5.74, 6) is 1.17. The van der Waals surface area contributed by atoms with E-state index in [0.29, 0.717) is 38.6 Å². The number of halogens is 2. The number of urea groups is 1. The van der Waals surface area contributed by atoms with Crippen LogP contribution in [-0.4, -0.2) is 22.5 Å². The number of benzene rings is 2. The molecule has 152 valence electrons. The number of aromatic nitrogens is 2. The van der Waals surface area contributed by atoms with Gasteiger partial charge in [0, 0.05) is 16.8 Å². The third kappa shape index (κ3) is 3.92. The summed E-state index contributed by atoms with van der Waals surface area (Å²) in [6, 6.07) is 15.8. The summed E-state index contributed by atoms with van der Waals surface area (Å²) >= 11 is 12.1. The van der Waals surface area contributed by atoms with Gasteiger partial charge in [0.25, 0.3) is 0 Å². The molecule has 0 saturated carbocycles. The highest BCUT2D eigenvalue weighted by atomic mass is 35.5. The highest BCUT2D eigenvalue weighted by Crippen LogP contribution is 2.35. The Kier molecular flexibility index (Phi) is 5.53. The number of para-hydroxylation sites is 1. The number of fused-ring (bicyclic) bond motifs is 1. The number of imidazole rings is 1. The van der Waals surface area contributed by atoms with Crippen LogP contribution in [0.3, 0.4) is 0 Å². The highest BCUT2D eigenvalue weighted by Gasteiger charge is 2.19. The van der Waals surface area contributed by atoms with Crippen LogP contribution < -0.4 is 15.4 Å². The molecule has 4 aromatic rings. The molecule has 0 aliphatic carbocycles. The molecule has 30 heavy (non-hydrogen) atoms. The summed E-state index contributed by atoms with van der Waals surface area (Å²) in [5.41, 5.74) is 3.52. The normalized spacial score (nSPS) is 10.8. The lowest BCUT2D eigenvalue weighted by molar-refractivity contribution is 0.262. The zero-order valence-electron chi connectivity index (χ0n) is 16.2. The van der Waals surface area contributed by atoms with Gasteiger partial charge in [-0.15, -0.1) is 0 Å². The minimum atomic E-state index is -0.460. The summed E-state index contributed by atoms with van der Waals surface area (Å²) in [7, 11) is 1.60. The fourth-order valence-electron chi connectivity index (χ4n) is 3.15. The zero-order valence-corrected chi connectivity index (χ0v) is 17.8. The predicted molar refractivity (Wildman–Crippen MR) is 121 cm³/mol. The number of hydrogen-bond acceptors (Lipinski definition) is 3. The largest absolute Gasteiger partial charge is 0.496 e. The van der Waals surface area contributed by atoms with Crippen LogP contribution in [0.15, 0.2) is 60.8 Å². The van der Waals surface area contributed by atoms with Crippen LogP contribution >= 0.6 is 23.2 Å². The Morgan fingerprint density at radius 2 is 1.87 bits per heavy atom. The van der Waals surface area contributed by atoms with Crippen molar-refractivity contribution < 1.29 is 9.53 Å². The maximum absolute atomic E-state index is 12.8.